The maximum atomic E-state index is 9.96. The molecule has 0 fully saturated rings. The van der Waals surface area contributed by atoms with E-state index in [2.05, 4.69) is 165 Å². The fourth-order valence-electron chi connectivity index (χ4n) is 16.6. The molecule has 0 radical (unpaired) electrons. The molecule has 0 bridgehead atoms. The summed E-state index contributed by atoms with van der Waals surface area (Å²) >= 11 is 0. The summed E-state index contributed by atoms with van der Waals surface area (Å²) in [4.78, 5) is 4.69. The summed E-state index contributed by atoms with van der Waals surface area (Å²) in [5.74, 6) is 0.106. The van der Waals surface area contributed by atoms with E-state index in [-0.39, 0.29) is 55.4 Å². The van der Waals surface area contributed by atoms with Crippen molar-refractivity contribution in [1.82, 2.24) is 9.13 Å². The summed E-state index contributed by atoms with van der Waals surface area (Å²) in [5, 5.41) is -0.319. The Morgan fingerprint density at radius 1 is 0.271 bits per heavy atom. The molecule has 0 unspecified atom stereocenters. The number of para-hydroxylation sites is 4. The van der Waals surface area contributed by atoms with Gasteiger partial charge in [0.15, 0.2) is 0 Å². The van der Waals surface area contributed by atoms with E-state index in [1.54, 1.807) is 9.13 Å². The standard InChI is InChI=1S/C102H75BN4/c1-66(2)74-51-54-80(85(57-74)67(3)4)77-62-98-100-99(63-77)107(102-88(72-39-19-9-20-40-72)60-76(69-33-13-6-14-34-69)61-89(102)73-41-21-10-22-42-73)97-65-79(105-94-49-29-25-45-83(94)84-46-26-30-50-95(84)105)53-56-91(97)103(100)90-55-52-78(104-92-47-27-23-43-81(92)82-44-24-28-48-93(82)104)64-96(90)106(98)101-86(70-35-15-7-16-36-70)58-75(68-31-11-5-12-32-68)59-87(101)71-37-17-8-18-38-71/h5-67H,1-4H3/i23D,24D,25D,26D,27D,28D,29D,30D,43D,44D,45D,46D,47D,48D,49D,50D. The van der Waals surface area contributed by atoms with Gasteiger partial charge in [-0.05, 0) is 180 Å². The SMILES string of the molecule is [2H]c1c([2H])c([2H])c2c(c1[2H])c1c([2H])c([2H])c([2H])c([2H])c1n2-c1ccc2c(c1)N(c1c(-c3ccccc3)cc(-c3ccccc3)cc1-c1ccccc1)c1cc(-c3ccc(C(C)C)cc3C(C)C)cc3c1B2c1ccc(-n2c4c([2H])c([2H])c([2H])c([2H])c4c4c([2H])c([2H])c([2H])c([2H])c42)cc1N3c1c(-c2ccccc2)cc(-c2ccccc2)cc1-c1ccccc1. The zero-order valence-electron chi connectivity index (χ0n) is 75.0. The molecule has 0 atom stereocenters. The summed E-state index contributed by atoms with van der Waals surface area (Å²) in [6.45, 7) is 7.99. The number of aromatic nitrogens is 2. The number of hydrogen-bond donors (Lipinski definition) is 0. The summed E-state index contributed by atoms with van der Waals surface area (Å²) in [6, 6.07) is 85.4. The van der Waals surface area contributed by atoms with Crippen LogP contribution in [0.1, 0.15) is 72.6 Å². The smallest absolute Gasteiger partial charge is 0.252 e. The van der Waals surface area contributed by atoms with E-state index in [0.717, 1.165) is 117 Å². The Kier molecular flexibility index (Phi) is 11.8. The Morgan fingerprint density at radius 3 is 0.925 bits per heavy atom. The predicted molar refractivity (Wildman–Crippen MR) is 455 cm³/mol. The van der Waals surface area contributed by atoms with Gasteiger partial charge in [-0.1, -0.05) is 313 Å². The van der Waals surface area contributed by atoms with Crippen molar-refractivity contribution in [3.8, 4) is 89.3 Å². The van der Waals surface area contributed by atoms with Crippen LogP contribution in [-0.2, 0) is 0 Å². The number of fused-ring (bicyclic) bond motifs is 10. The van der Waals surface area contributed by atoms with Gasteiger partial charge < -0.3 is 18.9 Å². The highest BCUT2D eigenvalue weighted by molar-refractivity contribution is 7.00. The van der Waals surface area contributed by atoms with E-state index in [1.807, 2.05) is 146 Å². The second kappa shape index (κ2) is 25.9. The van der Waals surface area contributed by atoms with Crippen molar-refractivity contribution in [2.24, 2.45) is 0 Å². The van der Waals surface area contributed by atoms with Gasteiger partial charge in [-0.15, -0.1) is 0 Å². The second-order valence-electron chi connectivity index (χ2n) is 28.3. The first-order chi connectivity index (χ1) is 59.4. The lowest BCUT2D eigenvalue weighted by Gasteiger charge is -2.46. The number of nitrogens with zero attached hydrogens (tertiary/aromatic N) is 4. The molecular formula is C102H75BN4. The molecule has 0 aliphatic carbocycles. The largest absolute Gasteiger partial charge is 0.310 e. The molecule has 0 saturated carbocycles. The van der Waals surface area contributed by atoms with Crippen LogP contribution in [0.3, 0.4) is 0 Å². The molecule has 0 saturated heterocycles. The number of hydrogen-bond acceptors (Lipinski definition) is 2. The molecule has 2 aromatic heterocycles. The molecule has 16 aromatic carbocycles. The predicted octanol–water partition coefficient (Wildman–Crippen LogP) is 25.9. The van der Waals surface area contributed by atoms with Crippen molar-refractivity contribution in [3.05, 3.63) is 381 Å². The molecule has 0 N–H and O–H groups in total. The molecule has 2 aliphatic heterocycles. The number of anilines is 6. The highest BCUT2D eigenvalue weighted by Gasteiger charge is 2.46. The van der Waals surface area contributed by atoms with E-state index in [9.17, 15) is 16.4 Å². The van der Waals surface area contributed by atoms with Crippen LogP contribution < -0.4 is 26.2 Å². The third-order valence-electron chi connectivity index (χ3n) is 21.5. The van der Waals surface area contributed by atoms with Crippen molar-refractivity contribution in [2.75, 3.05) is 9.80 Å². The topological polar surface area (TPSA) is 16.3 Å². The fourth-order valence-corrected chi connectivity index (χ4v) is 16.6. The lowest BCUT2D eigenvalue weighted by atomic mass is 9.33. The van der Waals surface area contributed by atoms with Gasteiger partial charge in [0.05, 0.1) is 55.4 Å². The van der Waals surface area contributed by atoms with Gasteiger partial charge in [-0.2, -0.15) is 0 Å². The molecule has 4 nitrogen and oxygen atoms in total. The van der Waals surface area contributed by atoms with Crippen LogP contribution in [-0.4, -0.2) is 15.8 Å². The van der Waals surface area contributed by atoms with Crippen LogP contribution in [0.4, 0.5) is 34.1 Å². The minimum absolute atomic E-state index is 0.0408. The summed E-state index contributed by atoms with van der Waals surface area (Å²) in [7, 11) is 0. The summed E-state index contributed by atoms with van der Waals surface area (Å²) in [6.07, 6.45) is 0. The van der Waals surface area contributed by atoms with Crippen molar-refractivity contribution in [2.45, 2.75) is 39.5 Å². The molecule has 107 heavy (non-hydrogen) atoms. The molecule has 18 aromatic rings. The van der Waals surface area contributed by atoms with Crippen LogP contribution in [0.25, 0.3) is 133 Å². The van der Waals surface area contributed by atoms with Gasteiger partial charge in [0.25, 0.3) is 6.71 Å². The van der Waals surface area contributed by atoms with Gasteiger partial charge in [0.2, 0.25) is 0 Å². The first-order valence-corrected chi connectivity index (χ1v) is 36.3. The summed E-state index contributed by atoms with van der Waals surface area (Å²) < 4.78 is 156. The van der Waals surface area contributed by atoms with Crippen LogP contribution in [0.2, 0.25) is 0 Å². The minimum atomic E-state index is -0.814. The van der Waals surface area contributed by atoms with Crippen molar-refractivity contribution < 1.29 is 21.9 Å². The van der Waals surface area contributed by atoms with Gasteiger partial charge in [0, 0.05) is 77.9 Å². The van der Waals surface area contributed by atoms with E-state index in [0.29, 0.717) is 34.1 Å². The third-order valence-corrected chi connectivity index (χ3v) is 21.5. The van der Waals surface area contributed by atoms with E-state index < -0.39 is 103 Å². The lowest BCUT2D eigenvalue weighted by molar-refractivity contribution is 0.835. The third kappa shape index (κ3) is 10.5. The second-order valence-corrected chi connectivity index (χ2v) is 28.3. The molecule has 4 heterocycles. The van der Waals surface area contributed by atoms with E-state index in [4.69, 9.17) is 5.48 Å². The summed E-state index contributed by atoms with van der Waals surface area (Å²) in [5.41, 5.74) is 21.2. The lowest BCUT2D eigenvalue weighted by Crippen LogP contribution is -2.61. The van der Waals surface area contributed by atoms with E-state index >= 15 is 0 Å². The highest BCUT2D eigenvalue weighted by atomic mass is 15.2. The van der Waals surface area contributed by atoms with E-state index in [1.165, 1.54) is 0 Å². The van der Waals surface area contributed by atoms with Crippen LogP contribution in [0.15, 0.2) is 370 Å². The molecule has 2 aliphatic rings. The zero-order valence-corrected chi connectivity index (χ0v) is 59.0. The number of rotatable bonds is 13. The molecule has 0 amide bonds. The molecule has 20 rings (SSSR count). The Bertz CT molecular complexity index is 6830. The van der Waals surface area contributed by atoms with Gasteiger partial charge in [-0.25, -0.2) is 0 Å². The minimum Gasteiger partial charge on any atom is -0.310 e. The molecular weight excluding hydrogens is 1290 g/mol. The van der Waals surface area contributed by atoms with Crippen molar-refractivity contribution >= 4 is 101 Å². The van der Waals surface area contributed by atoms with Gasteiger partial charge in [0.1, 0.15) is 0 Å². The average molecular weight is 1380 g/mol. The normalized spacial score (nSPS) is 14.5. The zero-order chi connectivity index (χ0) is 85.3. The monoisotopic (exact) mass is 1380 g/mol. The highest BCUT2D eigenvalue weighted by Crippen LogP contribution is 2.56. The maximum absolute atomic E-state index is 9.96. The number of benzene rings is 16. The Morgan fingerprint density at radius 2 is 0.598 bits per heavy atom. The van der Waals surface area contributed by atoms with Crippen LogP contribution in [0.5, 0.6) is 0 Å². The fraction of sp³-hybridized carbons (Fsp3) is 0.0588. The van der Waals surface area contributed by atoms with Gasteiger partial charge in [-0.3, -0.25) is 0 Å². The van der Waals surface area contributed by atoms with Gasteiger partial charge >= 0.3 is 0 Å². The van der Waals surface area contributed by atoms with Crippen molar-refractivity contribution in [3.63, 3.8) is 0 Å². The molecule has 5 heteroatoms. The Balaban J connectivity index is 1.03. The first kappa shape index (κ1) is 48.7. The molecule has 506 valence electrons. The maximum Gasteiger partial charge on any atom is 0.252 e. The Hall–Kier alpha value is -13.2. The Labute approximate surface area is 648 Å². The quantitative estimate of drug-likeness (QED) is 0.107. The molecule has 0 spiro atoms. The first-order valence-electron chi connectivity index (χ1n) is 44.3. The average Bonchev–Trinajstić information content (AvgIpc) is 1.55. The van der Waals surface area contributed by atoms with Crippen LogP contribution >= 0.6 is 0 Å². The van der Waals surface area contributed by atoms with Crippen molar-refractivity contribution in [1.29, 1.82) is 0 Å². The van der Waals surface area contributed by atoms with Crippen LogP contribution in [0, 0.1) is 0 Å².